The summed E-state index contributed by atoms with van der Waals surface area (Å²) in [5.41, 5.74) is 0.844. The van der Waals surface area contributed by atoms with Crippen LogP contribution in [-0.4, -0.2) is 17.0 Å². The maximum Gasteiger partial charge on any atom is 0.335 e. The van der Waals surface area contributed by atoms with Crippen LogP contribution in [0.15, 0.2) is 48.7 Å². The maximum absolute atomic E-state index is 14.4. The topological polar surface area (TPSA) is 93.3 Å². The van der Waals surface area contributed by atoms with E-state index >= 15 is 0 Å². The highest BCUT2D eigenvalue weighted by atomic mass is 35.5. The van der Waals surface area contributed by atoms with Gasteiger partial charge in [0, 0.05) is 11.3 Å². The second-order valence-corrected chi connectivity index (χ2v) is 7.55. The third kappa shape index (κ3) is 3.82. The molecule has 0 fully saturated rings. The number of nitrogens with one attached hydrogen (secondary N) is 1. The van der Waals surface area contributed by atoms with Crippen LogP contribution in [0.5, 0.6) is 0 Å². The Morgan fingerprint density at radius 2 is 1.87 bits per heavy atom. The number of aromatic carboxylic acids is 1. The van der Waals surface area contributed by atoms with Gasteiger partial charge in [-0.05, 0) is 55.3 Å². The van der Waals surface area contributed by atoms with E-state index in [4.69, 9.17) is 16.7 Å². The number of carbonyl (C=O) groups is 2. The molecule has 158 valence electrons. The predicted octanol–water partition coefficient (Wildman–Crippen LogP) is 4.29. The summed E-state index contributed by atoms with van der Waals surface area (Å²) in [6.45, 7) is 0. The number of halogens is 3. The molecule has 0 aliphatic heterocycles. The Morgan fingerprint density at radius 1 is 1.16 bits per heavy atom. The number of hydrogen-bond donors (Lipinski definition) is 2. The van der Waals surface area contributed by atoms with Crippen molar-refractivity contribution >= 4 is 29.2 Å². The van der Waals surface area contributed by atoms with Gasteiger partial charge in [0.1, 0.15) is 11.7 Å². The van der Waals surface area contributed by atoms with E-state index in [1.54, 1.807) is 0 Å². The number of carboxylic acid groups (broad SMARTS) is 1. The first-order chi connectivity index (χ1) is 14.8. The number of aromatic nitrogens is 1. The van der Waals surface area contributed by atoms with E-state index in [9.17, 15) is 23.6 Å². The zero-order chi connectivity index (χ0) is 22.3. The third-order valence-electron chi connectivity index (χ3n) is 5.23. The summed E-state index contributed by atoms with van der Waals surface area (Å²) in [5.74, 6) is -4.08. The maximum atomic E-state index is 14.4. The lowest BCUT2D eigenvalue weighted by Gasteiger charge is -2.14. The Bertz CT molecular complexity index is 1220. The van der Waals surface area contributed by atoms with Crippen LogP contribution < -0.4 is 10.0 Å². The number of benzene rings is 2. The number of fused-ring (bicyclic) bond motifs is 1. The molecule has 1 aliphatic rings. The lowest BCUT2D eigenvalue weighted by atomic mass is 10.0. The van der Waals surface area contributed by atoms with Crippen LogP contribution in [-0.2, 0) is 11.2 Å². The summed E-state index contributed by atoms with van der Waals surface area (Å²) in [5, 5.41) is 24.0. The van der Waals surface area contributed by atoms with Gasteiger partial charge in [-0.1, -0.05) is 11.6 Å². The van der Waals surface area contributed by atoms with Gasteiger partial charge >= 0.3 is 5.97 Å². The quantitative estimate of drug-likeness (QED) is 0.357. The standard InChI is InChI=1S/C22H15ClF2N2O4/c23-16-7-8-17(24)18(19(16)25)13-9-12-3-6-15(20(12)27(31)10-13)21(28)26-14-4-1-11(2-5-14)22(29)30/h1-2,4-5,7-10,15H,3,6H2,(H,26,28)(H,29,30)/t15-/m1/s1. The number of nitrogens with zero attached hydrogens (tertiary/aromatic N) is 1. The first-order valence-electron chi connectivity index (χ1n) is 9.30. The predicted molar refractivity (Wildman–Crippen MR) is 109 cm³/mol. The number of pyridine rings is 1. The zero-order valence-electron chi connectivity index (χ0n) is 15.9. The van der Waals surface area contributed by atoms with Crippen LogP contribution in [0, 0.1) is 16.8 Å². The number of amides is 1. The van der Waals surface area contributed by atoms with Crippen LogP contribution >= 0.6 is 11.6 Å². The summed E-state index contributed by atoms with van der Waals surface area (Å²) in [6.07, 6.45) is 1.76. The fourth-order valence-corrected chi connectivity index (χ4v) is 3.92. The molecule has 2 N–H and O–H groups in total. The largest absolute Gasteiger partial charge is 0.618 e. The van der Waals surface area contributed by atoms with E-state index in [0.29, 0.717) is 28.8 Å². The van der Waals surface area contributed by atoms with Gasteiger partial charge in [0.25, 0.3) is 0 Å². The first-order valence-corrected chi connectivity index (χ1v) is 9.68. The molecular formula is C22H15ClF2N2O4. The monoisotopic (exact) mass is 444 g/mol. The van der Waals surface area contributed by atoms with E-state index in [0.717, 1.165) is 18.3 Å². The summed E-state index contributed by atoms with van der Waals surface area (Å²) in [7, 11) is 0. The molecule has 3 aromatic rings. The molecule has 9 heteroatoms. The van der Waals surface area contributed by atoms with Gasteiger partial charge in [-0.3, -0.25) is 4.79 Å². The summed E-state index contributed by atoms with van der Waals surface area (Å²) < 4.78 is 29.1. The van der Waals surface area contributed by atoms with E-state index in [2.05, 4.69) is 5.32 Å². The van der Waals surface area contributed by atoms with E-state index in [1.165, 1.54) is 30.3 Å². The number of carbonyl (C=O) groups excluding carboxylic acids is 1. The SMILES string of the molecule is O=C(O)c1ccc(NC(=O)[C@@H]2CCc3cc(-c4c(F)ccc(Cl)c4F)c[n+]([O-])c32)cc1. The summed E-state index contributed by atoms with van der Waals surface area (Å²) in [6, 6.07) is 9.24. The van der Waals surface area contributed by atoms with Gasteiger partial charge in [0.05, 0.1) is 21.7 Å². The molecular weight excluding hydrogens is 430 g/mol. The Hall–Kier alpha value is -3.52. The van der Waals surface area contributed by atoms with Crippen molar-refractivity contribution in [1.29, 1.82) is 0 Å². The fourth-order valence-electron chi connectivity index (χ4n) is 3.76. The molecule has 1 heterocycles. The van der Waals surface area contributed by atoms with Crippen molar-refractivity contribution in [2.24, 2.45) is 0 Å². The number of hydrogen-bond acceptors (Lipinski definition) is 3. The molecule has 0 spiro atoms. The molecule has 0 saturated heterocycles. The minimum atomic E-state index is -1.08. The van der Waals surface area contributed by atoms with Gasteiger partial charge in [-0.15, -0.1) is 0 Å². The van der Waals surface area contributed by atoms with E-state index in [-0.39, 0.29) is 21.8 Å². The second kappa shape index (κ2) is 7.96. The average Bonchev–Trinajstić information content (AvgIpc) is 3.16. The van der Waals surface area contributed by atoms with Crippen molar-refractivity contribution in [3.63, 3.8) is 0 Å². The molecule has 31 heavy (non-hydrogen) atoms. The smallest absolute Gasteiger partial charge is 0.335 e. The second-order valence-electron chi connectivity index (χ2n) is 7.15. The lowest BCUT2D eigenvalue weighted by molar-refractivity contribution is -0.613. The number of carboxylic acids is 1. The van der Waals surface area contributed by atoms with Crippen LogP contribution in [0.4, 0.5) is 14.5 Å². The Labute approximate surface area is 180 Å². The summed E-state index contributed by atoms with van der Waals surface area (Å²) in [4.78, 5) is 23.7. The van der Waals surface area contributed by atoms with Gasteiger partial charge in [-0.2, -0.15) is 4.73 Å². The van der Waals surface area contributed by atoms with Crippen LogP contribution in [0.3, 0.4) is 0 Å². The molecule has 0 radical (unpaired) electrons. The highest BCUT2D eigenvalue weighted by molar-refractivity contribution is 6.31. The van der Waals surface area contributed by atoms with Gasteiger partial charge in [0.2, 0.25) is 11.6 Å². The lowest BCUT2D eigenvalue weighted by Crippen LogP contribution is -2.36. The summed E-state index contributed by atoms with van der Waals surface area (Å²) >= 11 is 5.75. The molecule has 1 amide bonds. The first kappa shape index (κ1) is 20.7. The molecule has 0 bridgehead atoms. The van der Waals surface area contributed by atoms with E-state index < -0.39 is 35.0 Å². The molecule has 4 rings (SSSR count). The number of rotatable bonds is 4. The molecule has 0 saturated carbocycles. The third-order valence-corrected chi connectivity index (χ3v) is 5.53. The Kier molecular flexibility index (Phi) is 5.32. The minimum absolute atomic E-state index is 0.0385. The Morgan fingerprint density at radius 3 is 2.55 bits per heavy atom. The highest BCUT2D eigenvalue weighted by Gasteiger charge is 2.37. The highest BCUT2D eigenvalue weighted by Crippen LogP contribution is 2.36. The Balaban J connectivity index is 1.63. The molecule has 0 unspecified atom stereocenters. The van der Waals surface area contributed by atoms with Gasteiger partial charge in [-0.25, -0.2) is 13.6 Å². The fraction of sp³-hybridized carbons (Fsp3) is 0.136. The average molecular weight is 445 g/mol. The number of aryl methyl sites for hydroxylation is 1. The van der Waals surface area contributed by atoms with Crippen LogP contribution in [0.25, 0.3) is 11.1 Å². The molecule has 1 aliphatic carbocycles. The van der Waals surface area contributed by atoms with Crippen molar-refractivity contribution in [1.82, 2.24) is 0 Å². The molecule has 6 nitrogen and oxygen atoms in total. The minimum Gasteiger partial charge on any atom is -0.618 e. The number of anilines is 1. The van der Waals surface area contributed by atoms with Crippen molar-refractivity contribution in [3.05, 3.63) is 87.3 Å². The molecule has 1 atom stereocenters. The van der Waals surface area contributed by atoms with Crippen molar-refractivity contribution in [2.45, 2.75) is 18.8 Å². The molecule has 2 aromatic carbocycles. The van der Waals surface area contributed by atoms with Crippen molar-refractivity contribution in [2.75, 3.05) is 5.32 Å². The van der Waals surface area contributed by atoms with Crippen molar-refractivity contribution in [3.8, 4) is 11.1 Å². The van der Waals surface area contributed by atoms with Gasteiger partial charge < -0.3 is 15.6 Å². The zero-order valence-corrected chi connectivity index (χ0v) is 16.6. The van der Waals surface area contributed by atoms with E-state index in [1.807, 2.05) is 0 Å². The normalized spacial score (nSPS) is 14.9. The molecule has 1 aromatic heterocycles. The van der Waals surface area contributed by atoms with Gasteiger partial charge in [0.15, 0.2) is 12.0 Å². The van der Waals surface area contributed by atoms with Crippen molar-refractivity contribution < 1.29 is 28.2 Å². The van der Waals surface area contributed by atoms with Crippen LogP contribution in [0.2, 0.25) is 5.02 Å². The van der Waals surface area contributed by atoms with Crippen LogP contribution in [0.1, 0.15) is 34.0 Å².